The molecule has 64 valence electrons. The normalized spacial score (nSPS) is 32.2. The summed E-state index contributed by atoms with van der Waals surface area (Å²) >= 11 is 0. The van der Waals surface area contributed by atoms with Crippen LogP contribution in [0.4, 0.5) is 0 Å². The molecule has 0 amide bonds. The first-order chi connectivity index (χ1) is 5.04. The van der Waals surface area contributed by atoms with Gasteiger partial charge in [0.15, 0.2) is 0 Å². The third-order valence-corrected chi connectivity index (χ3v) is 2.96. The van der Waals surface area contributed by atoms with E-state index in [1.54, 1.807) is 0 Å². The van der Waals surface area contributed by atoms with E-state index >= 15 is 0 Å². The summed E-state index contributed by atoms with van der Waals surface area (Å²) in [4.78, 5) is 0. The molecule has 2 atom stereocenters. The second kappa shape index (κ2) is 2.98. The van der Waals surface area contributed by atoms with Gasteiger partial charge in [0.25, 0.3) is 0 Å². The topological polar surface area (TPSA) is 20.2 Å². The number of allylic oxidation sites excluding steroid dienone is 1. The molecule has 1 aliphatic rings. The van der Waals surface area contributed by atoms with Crippen molar-refractivity contribution in [1.29, 1.82) is 0 Å². The monoisotopic (exact) mass is 154 g/mol. The Bertz CT molecular complexity index is 179. The Labute approximate surface area is 69.1 Å². The molecule has 0 aromatic rings. The van der Waals surface area contributed by atoms with E-state index in [1.165, 1.54) is 11.1 Å². The molecule has 0 bridgehead atoms. The lowest BCUT2D eigenvalue weighted by molar-refractivity contribution is 0.191. The van der Waals surface area contributed by atoms with Crippen molar-refractivity contribution < 1.29 is 5.11 Å². The zero-order valence-corrected chi connectivity index (χ0v) is 7.89. The Morgan fingerprint density at radius 3 is 2.00 bits per heavy atom. The van der Waals surface area contributed by atoms with Crippen molar-refractivity contribution >= 4 is 0 Å². The summed E-state index contributed by atoms with van der Waals surface area (Å²) in [5, 5.41) is 9.53. The van der Waals surface area contributed by atoms with Gasteiger partial charge in [0, 0.05) is 0 Å². The maximum Gasteiger partial charge on any atom is 0.0755 e. The molecule has 11 heavy (non-hydrogen) atoms. The number of hydrogen-bond acceptors (Lipinski definition) is 1. The standard InChI is InChI=1S/C10H18O/c1-6(2)9-5-10(11)8(4)7(9)3/h6,9-11H,5H2,1-4H3/t9-,10+/m0/s1. The quantitative estimate of drug-likeness (QED) is 0.575. The van der Waals surface area contributed by atoms with Crippen LogP contribution in [0.25, 0.3) is 0 Å². The van der Waals surface area contributed by atoms with Crippen LogP contribution in [0, 0.1) is 11.8 Å². The zero-order valence-electron chi connectivity index (χ0n) is 7.89. The van der Waals surface area contributed by atoms with Gasteiger partial charge in [-0.05, 0) is 37.7 Å². The minimum atomic E-state index is -0.164. The van der Waals surface area contributed by atoms with Gasteiger partial charge in [-0.15, -0.1) is 0 Å². The molecular weight excluding hydrogens is 136 g/mol. The van der Waals surface area contributed by atoms with Crippen molar-refractivity contribution in [2.24, 2.45) is 11.8 Å². The van der Waals surface area contributed by atoms with E-state index in [0.29, 0.717) is 11.8 Å². The highest BCUT2D eigenvalue weighted by molar-refractivity contribution is 5.23. The molecule has 0 radical (unpaired) electrons. The highest BCUT2D eigenvalue weighted by Crippen LogP contribution is 2.36. The Kier molecular flexibility index (Phi) is 2.38. The Hall–Kier alpha value is -0.300. The number of rotatable bonds is 1. The molecule has 0 saturated carbocycles. The van der Waals surface area contributed by atoms with E-state index in [9.17, 15) is 5.11 Å². The van der Waals surface area contributed by atoms with Crippen molar-refractivity contribution in [2.45, 2.75) is 40.2 Å². The van der Waals surface area contributed by atoms with Gasteiger partial charge in [0.05, 0.1) is 6.10 Å². The molecule has 1 heteroatoms. The minimum absolute atomic E-state index is 0.164. The summed E-state index contributed by atoms with van der Waals surface area (Å²) in [6, 6.07) is 0. The van der Waals surface area contributed by atoms with Crippen molar-refractivity contribution in [3.63, 3.8) is 0 Å². The molecule has 1 aliphatic carbocycles. The molecule has 0 aliphatic heterocycles. The lowest BCUT2D eigenvalue weighted by Crippen LogP contribution is -2.09. The van der Waals surface area contributed by atoms with Crippen molar-refractivity contribution in [1.82, 2.24) is 0 Å². The second-order valence-corrected chi connectivity index (χ2v) is 3.97. The summed E-state index contributed by atoms with van der Waals surface area (Å²) in [5.74, 6) is 1.28. The number of aliphatic hydroxyl groups excluding tert-OH is 1. The van der Waals surface area contributed by atoms with Gasteiger partial charge in [-0.3, -0.25) is 0 Å². The Morgan fingerprint density at radius 1 is 1.27 bits per heavy atom. The zero-order chi connectivity index (χ0) is 8.59. The van der Waals surface area contributed by atoms with Crippen molar-refractivity contribution in [3.8, 4) is 0 Å². The third-order valence-electron chi connectivity index (χ3n) is 2.96. The number of hydrogen-bond donors (Lipinski definition) is 1. The maximum atomic E-state index is 9.53. The van der Waals surface area contributed by atoms with Crippen LogP contribution in [0.5, 0.6) is 0 Å². The van der Waals surface area contributed by atoms with Crippen molar-refractivity contribution in [3.05, 3.63) is 11.1 Å². The average molecular weight is 154 g/mol. The van der Waals surface area contributed by atoms with E-state index in [2.05, 4.69) is 20.8 Å². The van der Waals surface area contributed by atoms with Gasteiger partial charge in [-0.2, -0.15) is 0 Å². The molecule has 0 fully saturated rings. The smallest absolute Gasteiger partial charge is 0.0755 e. The molecule has 0 aromatic heterocycles. The van der Waals surface area contributed by atoms with Crippen LogP contribution >= 0.6 is 0 Å². The minimum Gasteiger partial charge on any atom is -0.389 e. The predicted octanol–water partition coefficient (Wildman–Crippen LogP) is 2.36. The Morgan fingerprint density at radius 2 is 1.82 bits per heavy atom. The molecule has 0 saturated heterocycles. The summed E-state index contributed by atoms with van der Waals surface area (Å²) in [6.07, 6.45) is 0.775. The first-order valence-corrected chi connectivity index (χ1v) is 4.39. The molecule has 0 unspecified atom stereocenters. The van der Waals surface area contributed by atoms with Crippen LogP contribution in [0.15, 0.2) is 11.1 Å². The van der Waals surface area contributed by atoms with Gasteiger partial charge in [-0.25, -0.2) is 0 Å². The third kappa shape index (κ3) is 1.48. The van der Waals surface area contributed by atoms with E-state index in [0.717, 1.165) is 6.42 Å². The van der Waals surface area contributed by atoms with Crippen LogP contribution in [-0.4, -0.2) is 11.2 Å². The van der Waals surface area contributed by atoms with E-state index in [4.69, 9.17) is 0 Å². The van der Waals surface area contributed by atoms with E-state index in [-0.39, 0.29) is 6.10 Å². The lowest BCUT2D eigenvalue weighted by Gasteiger charge is -2.15. The highest BCUT2D eigenvalue weighted by Gasteiger charge is 2.28. The van der Waals surface area contributed by atoms with Gasteiger partial charge in [-0.1, -0.05) is 19.4 Å². The van der Waals surface area contributed by atoms with Crippen molar-refractivity contribution in [2.75, 3.05) is 0 Å². The van der Waals surface area contributed by atoms with E-state index < -0.39 is 0 Å². The predicted molar refractivity (Wildman–Crippen MR) is 47.3 cm³/mol. The van der Waals surface area contributed by atoms with Crippen LogP contribution in [0.1, 0.15) is 34.1 Å². The van der Waals surface area contributed by atoms with E-state index in [1.807, 2.05) is 6.92 Å². The fraction of sp³-hybridized carbons (Fsp3) is 0.800. The first kappa shape index (κ1) is 8.79. The van der Waals surface area contributed by atoms with Crippen LogP contribution < -0.4 is 0 Å². The average Bonchev–Trinajstić information content (AvgIpc) is 2.17. The lowest BCUT2D eigenvalue weighted by atomic mass is 9.90. The molecule has 0 heterocycles. The van der Waals surface area contributed by atoms with Crippen LogP contribution in [-0.2, 0) is 0 Å². The largest absolute Gasteiger partial charge is 0.389 e. The number of aliphatic hydroxyl groups is 1. The van der Waals surface area contributed by atoms with Crippen LogP contribution in [0.2, 0.25) is 0 Å². The molecule has 0 spiro atoms. The van der Waals surface area contributed by atoms with Crippen LogP contribution in [0.3, 0.4) is 0 Å². The maximum absolute atomic E-state index is 9.53. The molecule has 1 rings (SSSR count). The Balaban J connectivity index is 2.77. The van der Waals surface area contributed by atoms with Gasteiger partial charge in [0.2, 0.25) is 0 Å². The molecule has 1 N–H and O–H groups in total. The van der Waals surface area contributed by atoms with Gasteiger partial charge < -0.3 is 5.11 Å². The fourth-order valence-electron chi connectivity index (χ4n) is 1.92. The summed E-state index contributed by atoms with van der Waals surface area (Å²) in [7, 11) is 0. The summed E-state index contributed by atoms with van der Waals surface area (Å²) in [5.41, 5.74) is 2.61. The molecular formula is C10H18O. The van der Waals surface area contributed by atoms with Gasteiger partial charge >= 0.3 is 0 Å². The summed E-state index contributed by atoms with van der Waals surface area (Å²) in [6.45, 7) is 8.64. The molecule has 0 aromatic carbocycles. The summed E-state index contributed by atoms with van der Waals surface area (Å²) < 4.78 is 0. The van der Waals surface area contributed by atoms with Gasteiger partial charge in [0.1, 0.15) is 0 Å². The fourth-order valence-corrected chi connectivity index (χ4v) is 1.92. The SMILES string of the molecule is CC1=C(C)[C@H](C(C)C)C[C@H]1O. The first-order valence-electron chi connectivity index (χ1n) is 4.39. The second-order valence-electron chi connectivity index (χ2n) is 3.97. The highest BCUT2D eigenvalue weighted by atomic mass is 16.3. The molecule has 1 nitrogen and oxygen atoms in total.